The number of amides is 1. The van der Waals surface area contributed by atoms with Gasteiger partial charge in [-0.25, -0.2) is 23.2 Å². The number of hydrogen-bond donors (Lipinski definition) is 1. The second-order valence-corrected chi connectivity index (χ2v) is 8.87. The third-order valence-corrected chi connectivity index (χ3v) is 6.52. The minimum atomic E-state index is -3.06. The fraction of sp³-hybridized carbons (Fsp3) is 0.600. The number of nitrogens with zero attached hydrogens (tertiary/aromatic N) is 3. The molecule has 0 aromatic carbocycles. The number of anilines is 1. The van der Waals surface area contributed by atoms with Gasteiger partial charge in [-0.15, -0.1) is 0 Å². The van der Waals surface area contributed by atoms with Gasteiger partial charge in [-0.3, -0.25) is 4.79 Å². The normalized spacial score (nSPS) is 18.5. The van der Waals surface area contributed by atoms with Crippen LogP contribution >= 0.6 is 11.8 Å². The smallest absolute Gasteiger partial charge is 0.343 e. The predicted molar refractivity (Wildman–Crippen MR) is 97.6 cm³/mol. The maximum atomic E-state index is 12.4. The molecule has 1 saturated heterocycles. The average Bonchev–Trinajstić information content (AvgIpc) is 2.93. The molecule has 1 aliphatic heterocycles. The first-order chi connectivity index (χ1) is 12.3. The highest BCUT2D eigenvalue weighted by molar-refractivity contribution is 7.99. The number of carbonyl (C=O) groups excluding carboxylic acids is 2. The lowest BCUT2D eigenvalue weighted by atomic mass is 10.2. The molecule has 0 spiro atoms. The monoisotopic (exact) mass is 402 g/mol. The van der Waals surface area contributed by atoms with Gasteiger partial charge in [-0.1, -0.05) is 11.8 Å². The standard InChI is InChI=1S/C15H22N4O5S2/c1-3-19(10-5-6-26(22,23)9-10)12(20)8-25-15-17-7-11(13(16)18-15)14(21)24-4-2/h7,10H,3-6,8-9H2,1-2H3,(H2,16,17,18). The van der Waals surface area contributed by atoms with Crippen molar-refractivity contribution in [1.82, 2.24) is 14.9 Å². The zero-order chi connectivity index (χ0) is 19.3. The summed E-state index contributed by atoms with van der Waals surface area (Å²) >= 11 is 1.08. The zero-order valence-electron chi connectivity index (χ0n) is 14.7. The van der Waals surface area contributed by atoms with Crippen LogP contribution in [0.5, 0.6) is 0 Å². The zero-order valence-corrected chi connectivity index (χ0v) is 16.3. The van der Waals surface area contributed by atoms with E-state index in [1.807, 2.05) is 6.92 Å². The number of hydrogen-bond acceptors (Lipinski definition) is 9. The van der Waals surface area contributed by atoms with Gasteiger partial charge in [-0.05, 0) is 20.3 Å². The Labute approximate surface area is 156 Å². The number of esters is 1. The summed E-state index contributed by atoms with van der Waals surface area (Å²) < 4.78 is 28.1. The number of ether oxygens (including phenoxy) is 1. The highest BCUT2D eigenvalue weighted by Crippen LogP contribution is 2.21. The predicted octanol–water partition coefficient (Wildman–Crippen LogP) is 0.363. The molecule has 0 aliphatic carbocycles. The number of nitrogen functional groups attached to an aromatic ring is 1. The Kier molecular flexibility index (Phi) is 6.81. The van der Waals surface area contributed by atoms with Crippen molar-refractivity contribution in [2.24, 2.45) is 0 Å². The summed E-state index contributed by atoms with van der Waals surface area (Å²) in [6.07, 6.45) is 1.73. The first kappa shape index (κ1) is 20.4. The van der Waals surface area contributed by atoms with Crippen molar-refractivity contribution in [2.45, 2.75) is 31.5 Å². The summed E-state index contributed by atoms with van der Waals surface area (Å²) in [6, 6.07) is -0.282. The van der Waals surface area contributed by atoms with Crippen LogP contribution in [0, 0.1) is 0 Å². The highest BCUT2D eigenvalue weighted by atomic mass is 32.2. The minimum absolute atomic E-state index is 0.00886. The van der Waals surface area contributed by atoms with Crippen LogP contribution in [-0.4, -0.2) is 71.6 Å². The number of aromatic nitrogens is 2. The van der Waals surface area contributed by atoms with Crippen LogP contribution < -0.4 is 5.73 Å². The molecule has 0 radical (unpaired) electrons. The third kappa shape index (κ3) is 5.07. The minimum Gasteiger partial charge on any atom is -0.462 e. The topological polar surface area (TPSA) is 133 Å². The van der Waals surface area contributed by atoms with Gasteiger partial charge in [0, 0.05) is 18.8 Å². The van der Waals surface area contributed by atoms with Crippen molar-refractivity contribution in [1.29, 1.82) is 0 Å². The van der Waals surface area contributed by atoms with Crippen LogP contribution in [0.25, 0.3) is 0 Å². The molecule has 1 aliphatic rings. The van der Waals surface area contributed by atoms with Crippen molar-refractivity contribution in [2.75, 3.05) is 36.1 Å². The van der Waals surface area contributed by atoms with E-state index in [1.54, 1.807) is 11.8 Å². The molecule has 11 heteroatoms. The van der Waals surface area contributed by atoms with Crippen LogP contribution in [-0.2, 0) is 19.4 Å². The third-order valence-electron chi connectivity index (χ3n) is 3.93. The van der Waals surface area contributed by atoms with E-state index in [9.17, 15) is 18.0 Å². The fourth-order valence-electron chi connectivity index (χ4n) is 2.68. The first-order valence-corrected chi connectivity index (χ1v) is 11.0. The van der Waals surface area contributed by atoms with Crippen LogP contribution in [0.2, 0.25) is 0 Å². The Balaban J connectivity index is 1.98. The van der Waals surface area contributed by atoms with Gasteiger partial charge < -0.3 is 15.4 Å². The van der Waals surface area contributed by atoms with Crippen LogP contribution in [0.4, 0.5) is 5.82 Å². The van der Waals surface area contributed by atoms with Gasteiger partial charge in [-0.2, -0.15) is 0 Å². The second-order valence-electron chi connectivity index (χ2n) is 5.70. The van der Waals surface area contributed by atoms with Crippen molar-refractivity contribution in [3.05, 3.63) is 11.8 Å². The molecule has 2 heterocycles. The molecule has 1 aromatic rings. The van der Waals surface area contributed by atoms with E-state index >= 15 is 0 Å². The van der Waals surface area contributed by atoms with Gasteiger partial charge >= 0.3 is 5.97 Å². The van der Waals surface area contributed by atoms with Crippen molar-refractivity contribution >= 4 is 39.3 Å². The summed E-state index contributed by atoms with van der Waals surface area (Å²) in [5, 5.41) is 0.263. The molecule has 0 saturated carbocycles. The molecule has 1 fully saturated rings. The van der Waals surface area contributed by atoms with Gasteiger partial charge in [0.25, 0.3) is 0 Å². The molecule has 1 amide bonds. The van der Waals surface area contributed by atoms with Gasteiger partial charge in [0.15, 0.2) is 15.0 Å². The van der Waals surface area contributed by atoms with Crippen molar-refractivity contribution < 1.29 is 22.7 Å². The van der Waals surface area contributed by atoms with E-state index in [2.05, 4.69) is 9.97 Å². The summed E-state index contributed by atoms with van der Waals surface area (Å²) in [5.74, 6) is -0.614. The Morgan fingerprint density at radius 2 is 2.15 bits per heavy atom. The Hall–Kier alpha value is -1.88. The maximum absolute atomic E-state index is 12.4. The Morgan fingerprint density at radius 1 is 1.42 bits per heavy atom. The lowest BCUT2D eigenvalue weighted by molar-refractivity contribution is -0.129. The molecule has 1 atom stereocenters. The number of carbonyl (C=O) groups is 2. The fourth-order valence-corrected chi connectivity index (χ4v) is 5.12. The van der Waals surface area contributed by atoms with E-state index in [0.717, 1.165) is 11.8 Å². The lowest BCUT2D eigenvalue weighted by Gasteiger charge is -2.26. The van der Waals surface area contributed by atoms with Crippen molar-refractivity contribution in [3.63, 3.8) is 0 Å². The summed E-state index contributed by atoms with van der Waals surface area (Å²) in [4.78, 5) is 33.7. The molecule has 144 valence electrons. The summed E-state index contributed by atoms with van der Waals surface area (Å²) in [5.41, 5.74) is 5.82. The van der Waals surface area contributed by atoms with Gasteiger partial charge in [0.1, 0.15) is 11.4 Å². The summed E-state index contributed by atoms with van der Waals surface area (Å²) in [6.45, 7) is 4.15. The SMILES string of the molecule is CCOC(=O)c1cnc(SCC(=O)N(CC)C2CCS(=O)(=O)C2)nc1N. The highest BCUT2D eigenvalue weighted by Gasteiger charge is 2.33. The molecular weight excluding hydrogens is 380 g/mol. The number of sulfone groups is 1. The molecule has 0 bridgehead atoms. The quantitative estimate of drug-likeness (QED) is 0.390. The second kappa shape index (κ2) is 8.67. The van der Waals surface area contributed by atoms with Crippen molar-refractivity contribution in [3.8, 4) is 0 Å². The molecular formula is C15H22N4O5S2. The number of rotatable bonds is 7. The number of thioether (sulfide) groups is 1. The Bertz CT molecular complexity index is 784. The molecule has 1 aromatic heterocycles. The van der Waals surface area contributed by atoms with Crippen LogP contribution in [0.15, 0.2) is 11.4 Å². The van der Waals surface area contributed by atoms with E-state index < -0.39 is 15.8 Å². The number of nitrogens with two attached hydrogens (primary N) is 1. The van der Waals surface area contributed by atoms with E-state index in [0.29, 0.717) is 13.0 Å². The molecule has 2 N–H and O–H groups in total. The molecule has 26 heavy (non-hydrogen) atoms. The lowest BCUT2D eigenvalue weighted by Crippen LogP contribution is -2.41. The van der Waals surface area contributed by atoms with Gasteiger partial charge in [0.05, 0.1) is 23.9 Å². The van der Waals surface area contributed by atoms with Crippen LogP contribution in [0.1, 0.15) is 30.6 Å². The first-order valence-electron chi connectivity index (χ1n) is 8.19. The molecule has 1 unspecified atom stereocenters. The maximum Gasteiger partial charge on any atom is 0.343 e. The van der Waals surface area contributed by atoms with E-state index in [4.69, 9.17) is 10.5 Å². The average molecular weight is 402 g/mol. The van der Waals surface area contributed by atoms with Gasteiger partial charge in [0.2, 0.25) is 5.91 Å². The Morgan fingerprint density at radius 3 is 2.69 bits per heavy atom. The molecule has 2 rings (SSSR count). The van der Waals surface area contributed by atoms with E-state index in [-0.39, 0.29) is 52.4 Å². The van der Waals surface area contributed by atoms with E-state index in [1.165, 1.54) is 6.20 Å². The molecule has 9 nitrogen and oxygen atoms in total. The largest absolute Gasteiger partial charge is 0.462 e. The summed E-state index contributed by atoms with van der Waals surface area (Å²) in [7, 11) is -3.06. The van der Waals surface area contributed by atoms with Crippen LogP contribution in [0.3, 0.4) is 0 Å².